The smallest absolute Gasteiger partial charge is 0.150 e. The maximum Gasteiger partial charge on any atom is 0.150 e. The lowest BCUT2D eigenvalue weighted by Crippen LogP contribution is -2.01. The number of aryl methyl sites for hydroxylation is 1. The minimum atomic E-state index is 0.777. The number of hydrogen-bond acceptors (Lipinski definition) is 2. The molecule has 3 heteroatoms. The average molecular weight is 269 g/mol. The highest BCUT2D eigenvalue weighted by Crippen LogP contribution is 2.08. The summed E-state index contributed by atoms with van der Waals surface area (Å²) in [6, 6.07) is 8.37. The minimum Gasteiger partial charge on any atom is -0.248 e. The molecule has 106 valence electrons. The molecule has 1 aromatic heterocycles. The molecule has 2 aromatic rings. The largest absolute Gasteiger partial charge is 0.248 e. The number of hydrogen-bond donors (Lipinski definition) is 0. The van der Waals surface area contributed by atoms with Gasteiger partial charge in [0.2, 0.25) is 0 Å². The summed E-state index contributed by atoms with van der Waals surface area (Å²) >= 11 is 0. The molecule has 1 heterocycles. The molecule has 0 aliphatic rings. The average Bonchev–Trinajstić information content (AvgIpc) is 2.92. The summed E-state index contributed by atoms with van der Waals surface area (Å²) in [7, 11) is 0. The molecule has 1 aromatic carbocycles. The second kappa shape index (κ2) is 7.63. The molecule has 0 spiro atoms. The van der Waals surface area contributed by atoms with Crippen LogP contribution in [0, 0.1) is 0 Å². The summed E-state index contributed by atoms with van der Waals surface area (Å²) < 4.78 is 1.91. The van der Waals surface area contributed by atoms with E-state index in [9.17, 15) is 0 Å². The quantitative estimate of drug-likeness (QED) is 0.676. The molecule has 0 saturated heterocycles. The van der Waals surface area contributed by atoms with Gasteiger partial charge in [-0.15, -0.1) is 0 Å². The van der Waals surface area contributed by atoms with Gasteiger partial charge >= 0.3 is 0 Å². The summed E-state index contributed by atoms with van der Waals surface area (Å²) in [4.78, 5) is 4.38. The lowest BCUT2D eigenvalue weighted by molar-refractivity contribution is 0.633. The molecule has 0 amide bonds. The van der Waals surface area contributed by atoms with Gasteiger partial charge in [0.05, 0.1) is 6.54 Å². The zero-order valence-electron chi connectivity index (χ0n) is 12.3. The second-order valence-electron chi connectivity index (χ2n) is 5.11. The van der Waals surface area contributed by atoms with Gasteiger partial charge in [-0.1, -0.05) is 63.1 Å². The number of aromatic nitrogens is 3. The Kier molecular flexibility index (Phi) is 5.54. The van der Waals surface area contributed by atoms with E-state index in [1.54, 1.807) is 0 Å². The Hall–Kier alpha value is -1.90. The van der Waals surface area contributed by atoms with Crippen molar-refractivity contribution in [2.45, 2.75) is 45.6 Å². The predicted octanol–water partition coefficient (Wildman–Crippen LogP) is 4.09. The van der Waals surface area contributed by atoms with Crippen LogP contribution in [0.3, 0.4) is 0 Å². The zero-order valence-corrected chi connectivity index (χ0v) is 12.3. The van der Waals surface area contributed by atoms with Crippen LogP contribution in [0.5, 0.6) is 0 Å². The monoisotopic (exact) mass is 269 g/mol. The number of benzene rings is 1. The van der Waals surface area contributed by atoms with Crippen LogP contribution in [0.25, 0.3) is 6.08 Å². The van der Waals surface area contributed by atoms with Gasteiger partial charge in [-0.05, 0) is 17.5 Å². The molecule has 0 fully saturated rings. The van der Waals surface area contributed by atoms with Gasteiger partial charge in [0.25, 0.3) is 0 Å². The summed E-state index contributed by atoms with van der Waals surface area (Å²) in [5.74, 6) is 0.962. The normalized spacial score (nSPS) is 10.7. The fraction of sp³-hybridized carbons (Fsp3) is 0.412. The van der Waals surface area contributed by atoms with Crippen LogP contribution in [-0.2, 0) is 13.0 Å². The molecule has 0 atom stereocenters. The molecular weight excluding hydrogens is 246 g/mol. The molecule has 0 unspecified atom stereocenters. The van der Waals surface area contributed by atoms with E-state index in [0.29, 0.717) is 0 Å². The van der Waals surface area contributed by atoms with Crippen molar-refractivity contribution in [2.24, 2.45) is 0 Å². The Morgan fingerprint density at radius 2 is 1.95 bits per heavy atom. The predicted molar refractivity (Wildman–Crippen MR) is 83.5 cm³/mol. The van der Waals surface area contributed by atoms with Crippen LogP contribution in [-0.4, -0.2) is 14.8 Å². The van der Waals surface area contributed by atoms with Gasteiger partial charge in [-0.2, -0.15) is 5.10 Å². The van der Waals surface area contributed by atoms with E-state index in [4.69, 9.17) is 0 Å². The van der Waals surface area contributed by atoms with Gasteiger partial charge in [-0.3, -0.25) is 0 Å². The van der Waals surface area contributed by atoms with Crippen molar-refractivity contribution in [1.29, 1.82) is 0 Å². The number of unbranched alkanes of at least 4 members (excludes halogenated alkanes) is 3. The molecule has 0 radical (unpaired) electrons. The lowest BCUT2D eigenvalue weighted by Gasteiger charge is -2.01. The third-order valence-electron chi connectivity index (χ3n) is 3.40. The summed E-state index contributed by atoms with van der Waals surface area (Å²) in [6.07, 6.45) is 9.70. The maximum atomic E-state index is 4.53. The maximum absolute atomic E-state index is 4.53. The first-order valence-corrected chi connectivity index (χ1v) is 7.41. The third kappa shape index (κ3) is 4.34. The van der Waals surface area contributed by atoms with Crippen LogP contribution >= 0.6 is 0 Å². The van der Waals surface area contributed by atoms with E-state index in [2.05, 4.69) is 47.9 Å². The number of rotatable bonds is 8. The summed E-state index contributed by atoms with van der Waals surface area (Å²) in [5, 5.41) is 4.53. The molecule has 0 aliphatic carbocycles. The molecule has 3 nitrogen and oxygen atoms in total. The van der Waals surface area contributed by atoms with Crippen molar-refractivity contribution in [1.82, 2.24) is 14.8 Å². The summed E-state index contributed by atoms with van der Waals surface area (Å²) in [5.41, 5.74) is 2.38. The Labute approximate surface area is 121 Å². The van der Waals surface area contributed by atoms with Crippen LogP contribution in [0.1, 0.15) is 49.6 Å². The third-order valence-corrected chi connectivity index (χ3v) is 3.40. The van der Waals surface area contributed by atoms with Crippen molar-refractivity contribution in [3.8, 4) is 0 Å². The van der Waals surface area contributed by atoms with E-state index >= 15 is 0 Å². The fourth-order valence-electron chi connectivity index (χ4n) is 2.18. The fourth-order valence-corrected chi connectivity index (χ4v) is 2.18. The highest BCUT2D eigenvalue weighted by atomic mass is 15.3. The topological polar surface area (TPSA) is 30.7 Å². The molecule has 0 bridgehead atoms. The van der Waals surface area contributed by atoms with Gasteiger partial charge in [0.1, 0.15) is 6.33 Å². The standard InChI is InChI=1S/C17H23N3/c1-3-5-6-7-8-17-18-14-20(19-17)13-16-11-9-15(4-2)10-12-16/h4,9-12,14H,2-3,5-8,13H2,1H3. The van der Waals surface area contributed by atoms with Crippen molar-refractivity contribution in [3.63, 3.8) is 0 Å². The van der Waals surface area contributed by atoms with Crippen molar-refractivity contribution in [3.05, 3.63) is 54.1 Å². The molecule has 0 aliphatic heterocycles. The van der Waals surface area contributed by atoms with E-state index in [1.807, 2.05) is 17.1 Å². The lowest BCUT2D eigenvalue weighted by atomic mass is 10.1. The van der Waals surface area contributed by atoms with Gasteiger partial charge < -0.3 is 0 Å². The Balaban J connectivity index is 1.86. The van der Waals surface area contributed by atoms with E-state index in [0.717, 1.165) is 24.4 Å². The van der Waals surface area contributed by atoms with Crippen LogP contribution in [0.15, 0.2) is 37.2 Å². The van der Waals surface area contributed by atoms with E-state index < -0.39 is 0 Å². The Morgan fingerprint density at radius 3 is 2.65 bits per heavy atom. The van der Waals surface area contributed by atoms with Gasteiger partial charge in [0, 0.05) is 6.42 Å². The Morgan fingerprint density at radius 1 is 1.15 bits per heavy atom. The number of nitrogens with zero attached hydrogens (tertiary/aromatic N) is 3. The highest BCUT2D eigenvalue weighted by Gasteiger charge is 2.02. The molecule has 2 rings (SSSR count). The molecule has 20 heavy (non-hydrogen) atoms. The van der Waals surface area contributed by atoms with E-state index in [-0.39, 0.29) is 0 Å². The van der Waals surface area contributed by atoms with Gasteiger partial charge in [-0.25, -0.2) is 9.67 Å². The van der Waals surface area contributed by atoms with E-state index in [1.165, 1.54) is 31.2 Å². The van der Waals surface area contributed by atoms with Crippen molar-refractivity contribution in [2.75, 3.05) is 0 Å². The van der Waals surface area contributed by atoms with Crippen molar-refractivity contribution >= 4 is 6.08 Å². The Bertz CT molecular complexity index is 525. The first kappa shape index (κ1) is 14.5. The highest BCUT2D eigenvalue weighted by molar-refractivity contribution is 5.47. The molecular formula is C17H23N3. The first-order valence-electron chi connectivity index (χ1n) is 7.41. The minimum absolute atomic E-state index is 0.777. The first-order chi connectivity index (χ1) is 9.81. The van der Waals surface area contributed by atoms with Crippen molar-refractivity contribution < 1.29 is 0 Å². The molecule has 0 saturated carbocycles. The molecule has 0 N–H and O–H groups in total. The van der Waals surface area contributed by atoms with Crippen LogP contribution < -0.4 is 0 Å². The zero-order chi connectivity index (χ0) is 14.2. The van der Waals surface area contributed by atoms with Crippen LogP contribution in [0.2, 0.25) is 0 Å². The van der Waals surface area contributed by atoms with Gasteiger partial charge in [0.15, 0.2) is 5.82 Å². The van der Waals surface area contributed by atoms with Crippen LogP contribution in [0.4, 0.5) is 0 Å². The SMILES string of the molecule is C=Cc1ccc(Cn2cnc(CCCCCC)n2)cc1. The second-order valence-corrected chi connectivity index (χ2v) is 5.11. The summed E-state index contributed by atoms with van der Waals surface area (Å²) in [6.45, 7) is 6.77.